The summed E-state index contributed by atoms with van der Waals surface area (Å²) in [6.07, 6.45) is 0.810. The summed E-state index contributed by atoms with van der Waals surface area (Å²) in [4.78, 5) is 37.5. The number of benzene rings is 1. The summed E-state index contributed by atoms with van der Waals surface area (Å²) in [5, 5.41) is 5.31. The van der Waals surface area contributed by atoms with Crippen LogP contribution in [0.15, 0.2) is 24.3 Å². The van der Waals surface area contributed by atoms with Gasteiger partial charge >= 0.3 is 0 Å². The minimum absolute atomic E-state index is 0.00344. The second-order valence-electron chi connectivity index (χ2n) is 5.88. The lowest BCUT2D eigenvalue weighted by atomic mass is 10.1. The van der Waals surface area contributed by atoms with E-state index >= 15 is 0 Å². The van der Waals surface area contributed by atoms with E-state index in [1.165, 1.54) is 17.0 Å². The summed E-state index contributed by atoms with van der Waals surface area (Å²) in [5.74, 6) is -2.04. The summed E-state index contributed by atoms with van der Waals surface area (Å²) in [5.41, 5.74) is 0.173. The van der Waals surface area contributed by atoms with Gasteiger partial charge in [0.15, 0.2) is 0 Å². The van der Waals surface area contributed by atoms with Crippen molar-refractivity contribution < 1.29 is 18.8 Å². The molecule has 2 rings (SSSR count). The first kappa shape index (κ1) is 17.9. The van der Waals surface area contributed by atoms with Crippen LogP contribution in [0.4, 0.5) is 10.1 Å². The largest absolute Gasteiger partial charge is 0.354 e. The Balaban J connectivity index is 1.96. The number of hydrogen-bond donors (Lipinski definition) is 2. The van der Waals surface area contributed by atoms with Crippen LogP contribution in [0, 0.1) is 11.7 Å². The van der Waals surface area contributed by atoms with Crippen LogP contribution in [0.5, 0.6) is 0 Å². The molecule has 7 heteroatoms. The Labute approximate surface area is 140 Å². The van der Waals surface area contributed by atoms with Crippen molar-refractivity contribution >= 4 is 23.4 Å². The molecule has 0 spiro atoms. The van der Waals surface area contributed by atoms with E-state index in [1.54, 1.807) is 19.1 Å². The van der Waals surface area contributed by atoms with E-state index < -0.39 is 17.8 Å². The third-order valence-electron chi connectivity index (χ3n) is 3.94. The number of nitrogens with one attached hydrogen (secondary N) is 2. The van der Waals surface area contributed by atoms with E-state index in [-0.39, 0.29) is 36.4 Å². The molecule has 3 amide bonds. The highest BCUT2D eigenvalue weighted by atomic mass is 19.1. The molecule has 24 heavy (non-hydrogen) atoms. The molecule has 1 heterocycles. The highest BCUT2D eigenvalue weighted by molar-refractivity contribution is 6.01. The fourth-order valence-electron chi connectivity index (χ4n) is 2.58. The molecule has 0 saturated carbocycles. The van der Waals surface area contributed by atoms with Gasteiger partial charge in [0.05, 0.1) is 11.6 Å². The maximum atomic E-state index is 13.8. The number of nitrogens with zero attached hydrogens (tertiary/aromatic N) is 1. The van der Waals surface area contributed by atoms with Crippen molar-refractivity contribution in [3.8, 4) is 0 Å². The normalized spacial score (nSPS) is 18.4. The summed E-state index contributed by atoms with van der Waals surface area (Å²) in [6.45, 7) is 4.18. The van der Waals surface area contributed by atoms with Gasteiger partial charge in [-0.3, -0.25) is 14.4 Å². The van der Waals surface area contributed by atoms with Crippen LogP contribution in [0.3, 0.4) is 0 Å². The van der Waals surface area contributed by atoms with Crippen LogP contribution in [0.25, 0.3) is 0 Å². The Bertz CT molecular complexity index is 635. The molecule has 0 aromatic heterocycles. The van der Waals surface area contributed by atoms with Crippen LogP contribution in [0.2, 0.25) is 0 Å². The van der Waals surface area contributed by atoms with Crippen LogP contribution >= 0.6 is 0 Å². The fraction of sp³-hybridized carbons (Fsp3) is 0.471. The van der Waals surface area contributed by atoms with Crippen molar-refractivity contribution in [2.24, 2.45) is 5.92 Å². The number of carbonyl (C=O) groups is 3. The molecule has 1 aromatic carbocycles. The monoisotopic (exact) mass is 335 g/mol. The zero-order valence-corrected chi connectivity index (χ0v) is 13.8. The zero-order valence-electron chi connectivity index (χ0n) is 13.8. The topological polar surface area (TPSA) is 78.5 Å². The van der Waals surface area contributed by atoms with Crippen molar-refractivity contribution in [1.29, 1.82) is 0 Å². The average molecular weight is 335 g/mol. The van der Waals surface area contributed by atoms with Gasteiger partial charge in [-0.05, 0) is 25.5 Å². The Kier molecular flexibility index (Phi) is 5.89. The Morgan fingerprint density at radius 3 is 2.75 bits per heavy atom. The number of amides is 3. The smallest absolute Gasteiger partial charge is 0.242 e. The van der Waals surface area contributed by atoms with Crippen LogP contribution in [0.1, 0.15) is 26.7 Å². The third kappa shape index (κ3) is 4.10. The lowest BCUT2D eigenvalue weighted by Gasteiger charge is -2.18. The predicted molar refractivity (Wildman–Crippen MR) is 87.8 cm³/mol. The molecule has 0 aliphatic carbocycles. The number of anilines is 1. The van der Waals surface area contributed by atoms with Crippen molar-refractivity contribution in [3.63, 3.8) is 0 Å². The second-order valence-corrected chi connectivity index (χ2v) is 5.88. The molecule has 1 aromatic rings. The molecule has 0 bridgehead atoms. The zero-order chi connectivity index (χ0) is 17.7. The lowest BCUT2D eigenvalue weighted by Crippen LogP contribution is -2.47. The van der Waals surface area contributed by atoms with Gasteiger partial charge in [0.25, 0.3) is 0 Å². The maximum absolute atomic E-state index is 13.8. The molecule has 1 aliphatic heterocycles. The van der Waals surface area contributed by atoms with Gasteiger partial charge in [-0.25, -0.2) is 4.39 Å². The Hall–Kier alpha value is -2.44. The summed E-state index contributed by atoms with van der Waals surface area (Å²) >= 11 is 0. The second kappa shape index (κ2) is 7.90. The van der Waals surface area contributed by atoms with Crippen molar-refractivity contribution in [2.45, 2.75) is 32.7 Å². The summed E-state index contributed by atoms with van der Waals surface area (Å²) < 4.78 is 13.8. The average Bonchev–Trinajstić information content (AvgIpc) is 2.94. The first-order valence-electron chi connectivity index (χ1n) is 8.07. The van der Waals surface area contributed by atoms with Gasteiger partial charge in [-0.15, -0.1) is 0 Å². The fourth-order valence-corrected chi connectivity index (χ4v) is 2.58. The van der Waals surface area contributed by atoms with E-state index in [1.807, 2.05) is 6.92 Å². The van der Waals surface area contributed by atoms with Gasteiger partial charge in [0.1, 0.15) is 11.9 Å². The first-order chi connectivity index (χ1) is 11.4. The highest BCUT2D eigenvalue weighted by Gasteiger charge is 2.36. The number of halogens is 1. The summed E-state index contributed by atoms with van der Waals surface area (Å²) in [7, 11) is 0. The number of hydrogen-bond acceptors (Lipinski definition) is 3. The molecule has 130 valence electrons. The van der Waals surface area contributed by atoms with Gasteiger partial charge in [0, 0.05) is 19.5 Å². The number of carbonyl (C=O) groups excluding carboxylic acids is 3. The van der Waals surface area contributed by atoms with E-state index in [2.05, 4.69) is 10.6 Å². The van der Waals surface area contributed by atoms with Crippen molar-refractivity contribution in [3.05, 3.63) is 30.1 Å². The highest BCUT2D eigenvalue weighted by Crippen LogP contribution is 2.27. The molecule has 2 N–H and O–H groups in total. The molecule has 1 saturated heterocycles. The van der Waals surface area contributed by atoms with Gasteiger partial charge in [-0.1, -0.05) is 19.1 Å². The molecular weight excluding hydrogens is 313 g/mol. The number of para-hydroxylation sites is 1. The Morgan fingerprint density at radius 1 is 1.38 bits per heavy atom. The SMILES string of the molecule is CCCNC(=O)C(C)NC(=O)C1CC(=O)N(c2ccccc2F)C1. The van der Waals surface area contributed by atoms with Gasteiger partial charge < -0.3 is 15.5 Å². The van der Waals surface area contributed by atoms with E-state index in [4.69, 9.17) is 0 Å². The molecular formula is C17H22FN3O3. The van der Waals surface area contributed by atoms with E-state index in [0.717, 1.165) is 6.42 Å². The van der Waals surface area contributed by atoms with Gasteiger partial charge in [0.2, 0.25) is 17.7 Å². The minimum Gasteiger partial charge on any atom is -0.354 e. The summed E-state index contributed by atoms with van der Waals surface area (Å²) in [6, 6.07) is 5.28. The Morgan fingerprint density at radius 2 is 2.08 bits per heavy atom. The predicted octanol–water partition coefficient (Wildman–Crippen LogP) is 1.21. The first-order valence-corrected chi connectivity index (χ1v) is 8.07. The molecule has 0 radical (unpaired) electrons. The van der Waals surface area contributed by atoms with E-state index in [9.17, 15) is 18.8 Å². The van der Waals surface area contributed by atoms with E-state index in [0.29, 0.717) is 6.54 Å². The van der Waals surface area contributed by atoms with Crippen LogP contribution in [-0.2, 0) is 14.4 Å². The minimum atomic E-state index is -0.679. The standard InChI is InChI=1S/C17H22FN3O3/c1-3-8-19-16(23)11(2)20-17(24)12-9-15(22)21(10-12)14-7-5-4-6-13(14)18/h4-7,11-12H,3,8-10H2,1-2H3,(H,19,23)(H,20,24). The van der Waals surface area contributed by atoms with Crippen LogP contribution in [-0.4, -0.2) is 36.9 Å². The molecule has 6 nitrogen and oxygen atoms in total. The molecule has 2 atom stereocenters. The third-order valence-corrected chi connectivity index (χ3v) is 3.94. The lowest BCUT2D eigenvalue weighted by molar-refractivity contribution is -0.130. The maximum Gasteiger partial charge on any atom is 0.242 e. The van der Waals surface area contributed by atoms with Crippen molar-refractivity contribution in [1.82, 2.24) is 10.6 Å². The quantitative estimate of drug-likeness (QED) is 0.820. The number of rotatable bonds is 6. The molecule has 1 aliphatic rings. The molecule has 2 unspecified atom stereocenters. The van der Waals surface area contributed by atoms with Crippen molar-refractivity contribution in [2.75, 3.05) is 18.0 Å². The molecule has 1 fully saturated rings. The van der Waals surface area contributed by atoms with Crippen LogP contribution < -0.4 is 15.5 Å². The van der Waals surface area contributed by atoms with Gasteiger partial charge in [-0.2, -0.15) is 0 Å².